The molecular formula is C33H28I2N2O7S. The van der Waals surface area contributed by atoms with Gasteiger partial charge in [0.15, 0.2) is 11.4 Å². The van der Waals surface area contributed by atoms with Crippen LogP contribution in [-0.2, 0) is 19.1 Å². The fourth-order valence-corrected chi connectivity index (χ4v) is 7.96. The molecule has 0 saturated heterocycles. The van der Waals surface area contributed by atoms with Gasteiger partial charge in [-0.2, -0.15) is 0 Å². The Labute approximate surface area is 290 Å². The molecule has 3 aromatic carbocycles. The van der Waals surface area contributed by atoms with Gasteiger partial charge >= 0.3 is 11.9 Å². The van der Waals surface area contributed by atoms with Gasteiger partial charge < -0.3 is 18.9 Å². The lowest BCUT2D eigenvalue weighted by Gasteiger charge is -2.26. The summed E-state index contributed by atoms with van der Waals surface area (Å²) in [6.07, 6.45) is 1.80. The van der Waals surface area contributed by atoms with E-state index in [-0.39, 0.29) is 31.0 Å². The second-order valence-electron chi connectivity index (χ2n) is 9.61. The molecule has 0 unspecified atom stereocenters. The van der Waals surface area contributed by atoms with Crippen LogP contribution in [0.15, 0.2) is 82.1 Å². The van der Waals surface area contributed by atoms with Gasteiger partial charge in [0.25, 0.3) is 5.56 Å². The van der Waals surface area contributed by atoms with E-state index in [0.717, 1.165) is 18.3 Å². The van der Waals surface area contributed by atoms with Gasteiger partial charge in [-0.3, -0.25) is 9.36 Å². The monoisotopic (exact) mass is 850 g/mol. The molecule has 1 aliphatic rings. The Bertz CT molecular complexity index is 1930. The number of hydrogen-bond donors (Lipinski definition) is 0. The van der Waals surface area contributed by atoms with Crippen LogP contribution < -0.4 is 24.4 Å². The minimum Gasteiger partial charge on any atom is -0.497 e. The molecule has 1 atom stereocenters. The number of halogens is 2. The lowest BCUT2D eigenvalue weighted by Crippen LogP contribution is -2.40. The minimum atomic E-state index is -0.789. The van der Waals surface area contributed by atoms with Gasteiger partial charge in [-0.1, -0.05) is 53.8 Å². The van der Waals surface area contributed by atoms with Crippen molar-refractivity contribution in [3.63, 3.8) is 0 Å². The van der Waals surface area contributed by atoms with Gasteiger partial charge in [0.2, 0.25) is 0 Å². The number of methoxy groups -OCH3 is 1. The Morgan fingerprint density at radius 2 is 1.64 bits per heavy atom. The number of aromatic nitrogens is 1. The number of esters is 2. The minimum absolute atomic E-state index is 0.168. The average molecular weight is 850 g/mol. The van der Waals surface area contributed by atoms with Crippen LogP contribution in [0.3, 0.4) is 0 Å². The van der Waals surface area contributed by atoms with Crippen LogP contribution in [0.2, 0.25) is 0 Å². The zero-order valence-corrected chi connectivity index (χ0v) is 29.7. The predicted octanol–water partition coefficient (Wildman–Crippen LogP) is 5.10. The highest BCUT2D eigenvalue weighted by Gasteiger charge is 2.35. The van der Waals surface area contributed by atoms with Crippen molar-refractivity contribution in [2.24, 2.45) is 4.99 Å². The van der Waals surface area contributed by atoms with Gasteiger partial charge in [-0.15, -0.1) is 0 Å². The molecule has 1 aromatic heterocycles. The summed E-state index contributed by atoms with van der Waals surface area (Å²) >= 11 is 5.53. The number of hydrogen-bond acceptors (Lipinski definition) is 9. The first-order valence-electron chi connectivity index (χ1n) is 14.0. The second kappa shape index (κ2) is 14.7. The fraction of sp³-hybridized carbons (Fsp3) is 0.212. The van der Waals surface area contributed by atoms with E-state index in [2.05, 4.69) is 45.2 Å². The van der Waals surface area contributed by atoms with Gasteiger partial charge in [0.05, 0.1) is 49.3 Å². The lowest BCUT2D eigenvalue weighted by molar-refractivity contribution is -0.145. The van der Waals surface area contributed by atoms with E-state index in [4.69, 9.17) is 23.9 Å². The Kier molecular flexibility index (Phi) is 10.8. The summed E-state index contributed by atoms with van der Waals surface area (Å²) < 4.78 is 25.1. The maximum atomic E-state index is 14.2. The molecule has 1 aliphatic heterocycles. The molecular weight excluding hydrogens is 822 g/mol. The van der Waals surface area contributed by atoms with E-state index in [1.165, 1.54) is 11.3 Å². The van der Waals surface area contributed by atoms with E-state index in [9.17, 15) is 14.4 Å². The summed E-state index contributed by atoms with van der Waals surface area (Å²) in [5, 5.41) is 0. The normalized spacial score (nSPS) is 14.4. The molecule has 45 heavy (non-hydrogen) atoms. The van der Waals surface area contributed by atoms with E-state index in [1.807, 2.05) is 54.6 Å². The van der Waals surface area contributed by atoms with Crippen molar-refractivity contribution in [1.29, 1.82) is 0 Å². The molecule has 0 N–H and O–H groups in total. The number of rotatable bonds is 10. The Morgan fingerprint density at radius 1 is 0.978 bits per heavy atom. The van der Waals surface area contributed by atoms with Gasteiger partial charge in [0, 0.05) is 5.56 Å². The van der Waals surface area contributed by atoms with Crippen molar-refractivity contribution >= 4 is 80.2 Å². The lowest BCUT2D eigenvalue weighted by atomic mass is 9.93. The van der Waals surface area contributed by atoms with Crippen molar-refractivity contribution in [2.45, 2.75) is 19.9 Å². The van der Waals surface area contributed by atoms with Crippen LogP contribution >= 0.6 is 56.5 Å². The summed E-state index contributed by atoms with van der Waals surface area (Å²) in [4.78, 5) is 45.0. The number of thiazole rings is 1. The maximum Gasteiger partial charge on any atom is 0.344 e. The van der Waals surface area contributed by atoms with Crippen LogP contribution in [0.4, 0.5) is 0 Å². The molecule has 2 heterocycles. The van der Waals surface area contributed by atoms with Gasteiger partial charge in [-0.25, -0.2) is 14.6 Å². The largest absolute Gasteiger partial charge is 0.497 e. The first-order chi connectivity index (χ1) is 21.7. The van der Waals surface area contributed by atoms with E-state index in [1.54, 1.807) is 43.7 Å². The van der Waals surface area contributed by atoms with Crippen LogP contribution in [-0.4, -0.2) is 43.4 Å². The predicted molar refractivity (Wildman–Crippen MR) is 188 cm³/mol. The maximum absolute atomic E-state index is 14.2. The number of nitrogens with zero attached hydrogens (tertiary/aromatic N) is 2. The molecule has 0 bridgehead atoms. The summed E-state index contributed by atoms with van der Waals surface area (Å²) in [6, 6.07) is 19.6. The number of fused-ring (bicyclic) bond motifs is 1. The second-order valence-corrected chi connectivity index (χ2v) is 12.9. The van der Waals surface area contributed by atoms with Crippen molar-refractivity contribution < 1.29 is 28.5 Å². The summed E-state index contributed by atoms with van der Waals surface area (Å²) in [5.74, 6) is 0.222. The molecule has 0 fully saturated rings. The molecule has 232 valence electrons. The van der Waals surface area contributed by atoms with Crippen molar-refractivity contribution in [3.8, 4) is 11.5 Å². The third-order valence-corrected chi connectivity index (χ3v) is 9.35. The van der Waals surface area contributed by atoms with E-state index in [0.29, 0.717) is 32.1 Å². The molecule has 5 rings (SSSR count). The molecule has 0 spiro atoms. The van der Waals surface area contributed by atoms with Crippen molar-refractivity contribution in [3.05, 3.63) is 116 Å². The average Bonchev–Trinajstić information content (AvgIpc) is 3.34. The number of benzene rings is 3. The standard InChI is InChI=1S/C33H28I2N2O7S/c1-4-42-26(38)18-44-30-23(34)15-19(16-24(30)35)17-25-31(39)37-29(21-11-13-22(41-3)14-12-21)27(32(40)43-5-2)28(36-33(37)45-25)20-9-7-6-8-10-20/h6-17,29H,4-5,18H2,1-3H3/b25-17-/t29-/m1/s1. The first kappa shape index (κ1) is 32.9. The molecule has 0 aliphatic carbocycles. The van der Waals surface area contributed by atoms with E-state index >= 15 is 0 Å². The number of ether oxygens (including phenoxy) is 4. The van der Waals surface area contributed by atoms with Crippen LogP contribution in [0.25, 0.3) is 11.8 Å². The third-order valence-electron chi connectivity index (χ3n) is 6.76. The number of carbonyl (C=O) groups is 2. The molecule has 0 saturated carbocycles. The molecule has 4 aromatic rings. The molecule has 0 amide bonds. The summed E-state index contributed by atoms with van der Waals surface area (Å²) in [6.45, 7) is 3.73. The van der Waals surface area contributed by atoms with Gasteiger partial charge in [-0.05, 0) is 100 Å². The Hall–Kier alpha value is -3.50. The van der Waals surface area contributed by atoms with Crippen LogP contribution in [0.5, 0.6) is 11.5 Å². The van der Waals surface area contributed by atoms with Crippen molar-refractivity contribution in [1.82, 2.24) is 4.57 Å². The summed E-state index contributed by atoms with van der Waals surface area (Å²) in [7, 11) is 1.58. The van der Waals surface area contributed by atoms with Crippen LogP contribution in [0, 0.1) is 7.14 Å². The third kappa shape index (κ3) is 7.17. The quantitative estimate of drug-likeness (QED) is 0.162. The topological polar surface area (TPSA) is 105 Å². The van der Waals surface area contributed by atoms with Crippen molar-refractivity contribution in [2.75, 3.05) is 26.9 Å². The van der Waals surface area contributed by atoms with Crippen LogP contribution in [0.1, 0.15) is 36.6 Å². The fourth-order valence-electron chi connectivity index (χ4n) is 4.83. The zero-order valence-electron chi connectivity index (χ0n) is 24.5. The van der Waals surface area contributed by atoms with E-state index < -0.39 is 18.0 Å². The SMILES string of the molecule is CCOC(=O)COc1c(I)cc(/C=c2\sc3n(c2=O)[C@H](c2ccc(OC)cc2)C(C(=O)OCC)=C(c2ccccc2)N=3)cc1I. The first-order valence-corrected chi connectivity index (χ1v) is 16.9. The molecule has 0 radical (unpaired) electrons. The highest BCUT2D eigenvalue weighted by molar-refractivity contribution is 14.1. The number of carbonyl (C=O) groups excluding carboxylic acids is 2. The Balaban J connectivity index is 1.68. The molecule has 12 heteroatoms. The summed E-state index contributed by atoms with van der Waals surface area (Å²) in [5.41, 5.74) is 2.66. The highest BCUT2D eigenvalue weighted by atomic mass is 127. The Morgan fingerprint density at radius 3 is 2.27 bits per heavy atom. The van der Waals surface area contributed by atoms with Gasteiger partial charge in [0.1, 0.15) is 11.5 Å². The smallest absolute Gasteiger partial charge is 0.344 e. The molecule has 9 nitrogen and oxygen atoms in total. The highest BCUT2D eigenvalue weighted by Crippen LogP contribution is 2.36. The zero-order chi connectivity index (χ0) is 32.1.